The Morgan fingerprint density at radius 1 is 0.340 bits per heavy atom. The highest BCUT2D eigenvalue weighted by Gasteiger charge is 2.26. The third-order valence-electron chi connectivity index (χ3n) is 10.4. The minimum absolute atomic E-state index is 0.856. The van der Waals surface area contributed by atoms with Crippen molar-refractivity contribution in [3.05, 3.63) is 193 Å². The molecule has 0 bridgehead atoms. The van der Waals surface area contributed by atoms with Gasteiger partial charge in [-0.15, -0.1) is 0 Å². The van der Waals surface area contributed by atoms with E-state index in [9.17, 15) is 0 Å². The lowest BCUT2D eigenvalue weighted by molar-refractivity contribution is 0.487. The Morgan fingerprint density at radius 3 is 1.47 bits per heavy atom. The fourth-order valence-electron chi connectivity index (χ4n) is 8.12. The number of rotatable bonds is 6. The van der Waals surface area contributed by atoms with E-state index < -0.39 is 0 Å². The molecular formula is C50H36N2O. The number of fused-ring (bicyclic) bond motifs is 6. The second-order valence-corrected chi connectivity index (χ2v) is 13.9. The topological polar surface area (TPSA) is 15.7 Å². The summed E-state index contributed by atoms with van der Waals surface area (Å²) in [5.74, 6) is 1.75. The van der Waals surface area contributed by atoms with Crippen LogP contribution in [-0.2, 0) is 0 Å². The molecule has 0 aliphatic carbocycles. The van der Waals surface area contributed by atoms with E-state index >= 15 is 0 Å². The molecule has 53 heavy (non-hydrogen) atoms. The van der Waals surface area contributed by atoms with E-state index in [1.165, 1.54) is 38.1 Å². The van der Waals surface area contributed by atoms with Gasteiger partial charge < -0.3 is 14.5 Å². The van der Waals surface area contributed by atoms with Crippen LogP contribution in [-0.4, -0.2) is 0 Å². The summed E-state index contributed by atoms with van der Waals surface area (Å²) in [5.41, 5.74) is 11.3. The fraction of sp³-hybridized carbons (Fsp3) is 0.0400. The number of hydrogen-bond acceptors (Lipinski definition) is 3. The average molecular weight is 681 g/mol. The van der Waals surface area contributed by atoms with Gasteiger partial charge in [0.2, 0.25) is 0 Å². The first-order valence-electron chi connectivity index (χ1n) is 18.2. The van der Waals surface area contributed by atoms with Gasteiger partial charge in [-0.3, -0.25) is 0 Å². The Kier molecular flexibility index (Phi) is 7.26. The van der Waals surface area contributed by atoms with Crippen molar-refractivity contribution < 1.29 is 4.74 Å². The van der Waals surface area contributed by atoms with E-state index in [1.54, 1.807) is 0 Å². The summed E-state index contributed by atoms with van der Waals surface area (Å²) >= 11 is 0. The molecule has 0 unspecified atom stereocenters. The summed E-state index contributed by atoms with van der Waals surface area (Å²) in [7, 11) is 0. The predicted octanol–water partition coefficient (Wildman–Crippen LogP) is 14.5. The van der Waals surface area contributed by atoms with Gasteiger partial charge in [0.15, 0.2) is 0 Å². The molecule has 0 fully saturated rings. The standard InChI is InChI=1S/C50H36N2O/c1-33-23-25-40-42(27-33)43-31-46-41-26-24-39(51(35-15-7-3-8-16-35)36-17-9-4-10-18-36)30-48(41)53-49-29-34(2)28-45(50(46)49)44(43)32-47(40)52(37-19-11-5-12-20-37)38-21-13-6-14-22-38/h3-32H,1-2H3. The second-order valence-electron chi connectivity index (χ2n) is 13.9. The van der Waals surface area contributed by atoms with E-state index in [0.29, 0.717) is 0 Å². The quantitative estimate of drug-likeness (QED) is 0.163. The molecular weight excluding hydrogens is 645 g/mol. The van der Waals surface area contributed by atoms with E-state index in [4.69, 9.17) is 4.74 Å². The molecule has 252 valence electrons. The van der Waals surface area contributed by atoms with Crippen LogP contribution < -0.4 is 14.5 Å². The molecule has 1 aliphatic rings. The van der Waals surface area contributed by atoms with Crippen LogP contribution in [0.5, 0.6) is 11.5 Å². The molecule has 1 heterocycles. The van der Waals surface area contributed by atoms with Gasteiger partial charge in [-0.1, -0.05) is 103 Å². The van der Waals surface area contributed by atoms with Gasteiger partial charge in [0.1, 0.15) is 11.5 Å². The number of para-hydroxylation sites is 4. The molecule has 9 aromatic rings. The largest absolute Gasteiger partial charge is 0.456 e. The number of benzene rings is 9. The zero-order chi connectivity index (χ0) is 35.5. The molecule has 3 heteroatoms. The molecule has 0 radical (unpaired) electrons. The minimum Gasteiger partial charge on any atom is -0.456 e. The van der Waals surface area contributed by atoms with Crippen LogP contribution in [0.4, 0.5) is 34.1 Å². The normalized spacial score (nSPS) is 11.7. The molecule has 3 nitrogen and oxygen atoms in total. The minimum atomic E-state index is 0.856. The van der Waals surface area contributed by atoms with Gasteiger partial charge in [0.05, 0.1) is 5.69 Å². The number of nitrogens with zero attached hydrogens (tertiary/aromatic N) is 2. The van der Waals surface area contributed by atoms with E-state index in [-0.39, 0.29) is 0 Å². The number of anilines is 6. The summed E-state index contributed by atoms with van der Waals surface area (Å²) in [6.07, 6.45) is 0. The predicted molar refractivity (Wildman–Crippen MR) is 223 cm³/mol. The fourth-order valence-corrected chi connectivity index (χ4v) is 8.12. The maximum Gasteiger partial charge on any atom is 0.137 e. The van der Waals surface area contributed by atoms with Crippen LogP contribution in [0, 0.1) is 13.8 Å². The van der Waals surface area contributed by atoms with Gasteiger partial charge in [0, 0.05) is 50.8 Å². The summed E-state index contributed by atoms with van der Waals surface area (Å²) in [5, 5.41) is 7.23. The molecule has 0 atom stereocenters. The molecule has 0 amide bonds. The molecule has 0 spiro atoms. The van der Waals surface area contributed by atoms with Gasteiger partial charge in [0.25, 0.3) is 0 Å². The van der Waals surface area contributed by atoms with Crippen LogP contribution in [0.15, 0.2) is 182 Å². The van der Waals surface area contributed by atoms with Gasteiger partial charge in [-0.05, 0) is 125 Å². The number of hydrogen-bond donors (Lipinski definition) is 0. The molecule has 0 saturated heterocycles. The molecule has 0 N–H and O–H groups in total. The molecule has 0 saturated carbocycles. The molecule has 1 aliphatic heterocycles. The van der Waals surface area contributed by atoms with Crippen molar-refractivity contribution in [2.24, 2.45) is 0 Å². The van der Waals surface area contributed by atoms with E-state index in [0.717, 1.165) is 62.1 Å². The first-order chi connectivity index (χ1) is 26.1. The lowest BCUT2D eigenvalue weighted by Gasteiger charge is -2.29. The number of aryl methyl sites for hydroxylation is 2. The van der Waals surface area contributed by atoms with E-state index in [2.05, 4.69) is 206 Å². The Bertz CT molecular complexity index is 2740. The van der Waals surface area contributed by atoms with Crippen molar-refractivity contribution in [2.45, 2.75) is 13.8 Å². The van der Waals surface area contributed by atoms with Crippen LogP contribution in [0.3, 0.4) is 0 Å². The molecule has 10 rings (SSSR count). The maximum absolute atomic E-state index is 6.93. The molecule has 9 aromatic carbocycles. The van der Waals surface area contributed by atoms with Crippen molar-refractivity contribution in [1.82, 2.24) is 0 Å². The monoisotopic (exact) mass is 680 g/mol. The van der Waals surface area contributed by atoms with Crippen molar-refractivity contribution in [1.29, 1.82) is 0 Å². The number of ether oxygens (including phenoxy) is 1. The van der Waals surface area contributed by atoms with Gasteiger partial charge in [-0.2, -0.15) is 0 Å². The van der Waals surface area contributed by atoms with Gasteiger partial charge >= 0.3 is 0 Å². The van der Waals surface area contributed by atoms with Crippen LogP contribution in [0.25, 0.3) is 43.4 Å². The van der Waals surface area contributed by atoms with Crippen LogP contribution in [0.2, 0.25) is 0 Å². The highest BCUT2D eigenvalue weighted by molar-refractivity contribution is 6.26. The SMILES string of the molecule is Cc1ccc2c(N(c3ccccc3)c3ccccc3)cc3c4cc(C)cc5c4c(cc3c2c1)-c1ccc(N(c2ccccc2)c2ccccc2)cc1O5. The summed E-state index contributed by atoms with van der Waals surface area (Å²) in [6, 6.07) is 65.3. The van der Waals surface area contributed by atoms with Crippen LogP contribution >= 0.6 is 0 Å². The Balaban J connectivity index is 1.24. The lowest BCUT2D eigenvalue weighted by Crippen LogP contribution is -2.11. The second kappa shape index (κ2) is 12.4. The summed E-state index contributed by atoms with van der Waals surface area (Å²) < 4.78 is 6.93. The zero-order valence-electron chi connectivity index (χ0n) is 29.6. The van der Waals surface area contributed by atoms with Crippen molar-refractivity contribution >= 4 is 66.4 Å². The first kappa shape index (κ1) is 30.9. The first-order valence-corrected chi connectivity index (χ1v) is 18.2. The highest BCUT2D eigenvalue weighted by atomic mass is 16.5. The molecule has 0 aromatic heterocycles. The zero-order valence-corrected chi connectivity index (χ0v) is 29.6. The summed E-state index contributed by atoms with van der Waals surface area (Å²) in [6.45, 7) is 4.36. The van der Waals surface area contributed by atoms with E-state index in [1.807, 2.05) is 0 Å². The lowest BCUT2D eigenvalue weighted by atomic mass is 9.87. The van der Waals surface area contributed by atoms with Crippen molar-refractivity contribution in [2.75, 3.05) is 9.80 Å². The third kappa shape index (κ3) is 5.20. The van der Waals surface area contributed by atoms with Crippen molar-refractivity contribution in [3.8, 4) is 22.6 Å². The summed E-state index contributed by atoms with van der Waals surface area (Å²) in [4.78, 5) is 4.67. The van der Waals surface area contributed by atoms with Crippen molar-refractivity contribution in [3.63, 3.8) is 0 Å². The highest BCUT2D eigenvalue weighted by Crippen LogP contribution is 2.53. The third-order valence-corrected chi connectivity index (χ3v) is 10.4. The maximum atomic E-state index is 6.93. The Morgan fingerprint density at radius 2 is 0.868 bits per heavy atom. The smallest absolute Gasteiger partial charge is 0.137 e. The Labute approximate surface area is 309 Å². The van der Waals surface area contributed by atoms with Crippen LogP contribution in [0.1, 0.15) is 11.1 Å². The average Bonchev–Trinajstić information content (AvgIpc) is 3.20. The Hall–Kier alpha value is -6.84. The van der Waals surface area contributed by atoms with Gasteiger partial charge in [-0.25, -0.2) is 0 Å².